The smallest absolute Gasteiger partial charge is 0.0767 e. The second-order valence-electron chi connectivity index (χ2n) is 5.97. The highest BCUT2D eigenvalue weighted by Gasteiger charge is 2.16. The summed E-state index contributed by atoms with van der Waals surface area (Å²) in [5, 5.41) is 1.05. The van der Waals surface area contributed by atoms with Gasteiger partial charge in [0.05, 0.1) is 5.52 Å². The number of hydrogen-bond donors (Lipinski definition) is 1. The van der Waals surface area contributed by atoms with Crippen LogP contribution in [0, 0.1) is 5.92 Å². The molecule has 1 fully saturated rings. The maximum absolute atomic E-state index is 6.04. The Morgan fingerprint density at radius 2 is 2.10 bits per heavy atom. The van der Waals surface area contributed by atoms with Crippen LogP contribution in [0.1, 0.15) is 18.4 Å². The van der Waals surface area contributed by atoms with Crippen LogP contribution in [0.25, 0.3) is 10.9 Å². The van der Waals surface area contributed by atoms with Gasteiger partial charge in [-0.15, -0.1) is 0 Å². The van der Waals surface area contributed by atoms with E-state index in [1.807, 2.05) is 24.4 Å². The molecule has 0 amide bonds. The zero-order valence-corrected chi connectivity index (χ0v) is 12.6. The summed E-state index contributed by atoms with van der Waals surface area (Å²) in [6, 6.07) is 8.07. The van der Waals surface area contributed by atoms with Crippen LogP contribution in [0.4, 0.5) is 5.69 Å². The van der Waals surface area contributed by atoms with Gasteiger partial charge in [0, 0.05) is 43.6 Å². The van der Waals surface area contributed by atoms with Gasteiger partial charge in [-0.25, -0.2) is 0 Å². The van der Waals surface area contributed by atoms with E-state index in [0.717, 1.165) is 48.8 Å². The first-order valence-electron chi connectivity index (χ1n) is 7.62. The molecule has 112 valence electrons. The SMILES string of the molecule is CN(Cc1ccc(N)c2cccnc12)CC1CCOCC1. The summed E-state index contributed by atoms with van der Waals surface area (Å²) >= 11 is 0. The molecule has 0 unspecified atom stereocenters. The Kier molecular flexibility index (Phi) is 4.36. The van der Waals surface area contributed by atoms with E-state index in [1.165, 1.54) is 18.4 Å². The average molecular weight is 285 g/mol. The lowest BCUT2D eigenvalue weighted by Crippen LogP contribution is -2.29. The van der Waals surface area contributed by atoms with Gasteiger partial charge in [-0.05, 0) is 49.6 Å². The van der Waals surface area contributed by atoms with Crippen LogP contribution in [-0.4, -0.2) is 36.7 Å². The first-order valence-corrected chi connectivity index (χ1v) is 7.62. The van der Waals surface area contributed by atoms with Crippen molar-refractivity contribution in [3.05, 3.63) is 36.0 Å². The zero-order valence-electron chi connectivity index (χ0n) is 12.6. The predicted octanol–water partition coefficient (Wildman–Crippen LogP) is 2.68. The normalized spacial score (nSPS) is 16.7. The van der Waals surface area contributed by atoms with Crippen LogP contribution in [0.3, 0.4) is 0 Å². The summed E-state index contributed by atoms with van der Waals surface area (Å²) in [6.07, 6.45) is 4.18. The number of benzene rings is 1. The third kappa shape index (κ3) is 3.34. The lowest BCUT2D eigenvalue weighted by atomic mass is 9.99. The van der Waals surface area contributed by atoms with E-state index in [4.69, 9.17) is 10.5 Å². The van der Waals surface area contributed by atoms with E-state index in [-0.39, 0.29) is 0 Å². The van der Waals surface area contributed by atoms with Gasteiger partial charge in [0.25, 0.3) is 0 Å². The Morgan fingerprint density at radius 1 is 1.29 bits per heavy atom. The molecule has 0 spiro atoms. The van der Waals surface area contributed by atoms with Crippen molar-refractivity contribution in [2.75, 3.05) is 32.5 Å². The molecule has 1 aromatic carbocycles. The molecule has 2 N–H and O–H groups in total. The van der Waals surface area contributed by atoms with Crippen molar-refractivity contribution in [3.8, 4) is 0 Å². The Hall–Kier alpha value is -1.65. The molecule has 1 aliphatic rings. The molecular weight excluding hydrogens is 262 g/mol. The van der Waals surface area contributed by atoms with Crippen LogP contribution >= 0.6 is 0 Å². The third-order valence-corrected chi connectivity index (χ3v) is 4.24. The number of anilines is 1. The fraction of sp³-hybridized carbons (Fsp3) is 0.471. The van der Waals surface area contributed by atoms with Crippen molar-refractivity contribution in [3.63, 3.8) is 0 Å². The Labute approximate surface area is 125 Å². The molecule has 0 saturated carbocycles. The highest BCUT2D eigenvalue weighted by molar-refractivity contribution is 5.92. The minimum absolute atomic E-state index is 0.747. The van der Waals surface area contributed by atoms with E-state index < -0.39 is 0 Å². The van der Waals surface area contributed by atoms with E-state index in [9.17, 15) is 0 Å². The molecule has 21 heavy (non-hydrogen) atoms. The van der Waals surface area contributed by atoms with E-state index in [1.54, 1.807) is 0 Å². The molecule has 4 nitrogen and oxygen atoms in total. The summed E-state index contributed by atoms with van der Waals surface area (Å²) in [5.74, 6) is 0.747. The van der Waals surface area contributed by atoms with Gasteiger partial charge in [-0.3, -0.25) is 4.98 Å². The van der Waals surface area contributed by atoms with E-state index >= 15 is 0 Å². The van der Waals surface area contributed by atoms with Crippen LogP contribution < -0.4 is 5.73 Å². The van der Waals surface area contributed by atoms with Crippen LogP contribution in [-0.2, 0) is 11.3 Å². The molecule has 3 rings (SSSR count). The number of fused-ring (bicyclic) bond motifs is 1. The maximum Gasteiger partial charge on any atom is 0.0767 e. The minimum atomic E-state index is 0.747. The van der Waals surface area contributed by atoms with Gasteiger partial charge in [-0.1, -0.05) is 6.07 Å². The average Bonchev–Trinajstić information content (AvgIpc) is 2.51. The first-order chi connectivity index (χ1) is 10.2. The lowest BCUT2D eigenvalue weighted by Gasteiger charge is -2.27. The number of hydrogen-bond acceptors (Lipinski definition) is 4. The van der Waals surface area contributed by atoms with Gasteiger partial charge in [0.15, 0.2) is 0 Å². The minimum Gasteiger partial charge on any atom is -0.398 e. The molecule has 0 radical (unpaired) electrons. The molecule has 0 aliphatic carbocycles. The van der Waals surface area contributed by atoms with Crippen molar-refractivity contribution >= 4 is 16.6 Å². The number of pyridine rings is 1. The lowest BCUT2D eigenvalue weighted by molar-refractivity contribution is 0.0550. The molecule has 0 bridgehead atoms. The van der Waals surface area contributed by atoms with Crippen molar-refractivity contribution in [2.24, 2.45) is 5.92 Å². The number of nitrogen functional groups attached to an aromatic ring is 1. The van der Waals surface area contributed by atoms with Crippen LogP contribution in [0.2, 0.25) is 0 Å². The van der Waals surface area contributed by atoms with Crippen molar-refractivity contribution in [1.82, 2.24) is 9.88 Å². The molecule has 2 aromatic rings. The summed E-state index contributed by atoms with van der Waals surface area (Å²) in [4.78, 5) is 6.90. The fourth-order valence-corrected chi connectivity index (χ4v) is 3.11. The number of nitrogens with zero attached hydrogens (tertiary/aromatic N) is 2. The zero-order chi connectivity index (χ0) is 14.7. The summed E-state index contributed by atoms with van der Waals surface area (Å²) < 4.78 is 5.43. The Morgan fingerprint density at radius 3 is 2.90 bits per heavy atom. The summed E-state index contributed by atoms with van der Waals surface area (Å²) in [5.41, 5.74) is 9.11. The van der Waals surface area contributed by atoms with Crippen molar-refractivity contribution in [1.29, 1.82) is 0 Å². The highest BCUT2D eigenvalue weighted by Crippen LogP contribution is 2.24. The number of aromatic nitrogens is 1. The first kappa shape index (κ1) is 14.3. The molecule has 4 heteroatoms. The topological polar surface area (TPSA) is 51.4 Å². The van der Waals surface area contributed by atoms with Gasteiger partial charge in [0.1, 0.15) is 0 Å². The quantitative estimate of drug-likeness (QED) is 0.878. The molecule has 0 atom stereocenters. The largest absolute Gasteiger partial charge is 0.398 e. The molecule has 1 saturated heterocycles. The predicted molar refractivity (Wildman–Crippen MR) is 86.0 cm³/mol. The second kappa shape index (κ2) is 6.41. The van der Waals surface area contributed by atoms with Crippen LogP contribution in [0.5, 0.6) is 0 Å². The van der Waals surface area contributed by atoms with Crippen molar-refractivity contribution < 1.29 is 4.74 Å². The number of ether oxygens (including phenoxy) is 1. The molecule has 1 aliphatic heterocycles. The highest BCUT2D eigenvalue weighted by atomic mass is 16.5. The summed E-state index contributed by atoms with van der Waals surface area (Å²) in [7, 11) is 2.18. The van der Waals surface area contributed by atoms with Gasteiger partial charge in [0.2, 0.25) is 0 Å². The standard InChI is InChI=1S/C17H23N3O/c1-20(11-13-6-9-21-10-7-13)12-14-4-5-16(18)15-3-2-8-19-17(14)15/h2-5,8,13H,6-7,9-12,18H2,1H3. The fourth-order valence-electron chi connectivity index (χ4n) is 3.11. The van der Waals surface area contributed by atoms with E-state index in [2.05, 4.69) is 23.0 Å². The van der Waals surface area contributed by atoms with Gasteiger partial charge < -0.3 is 15.4 Å². The Bertz CT molecular complexity index is 608. The van der Waals surface area contributed by atoms with Gasteiger partial charge >= 0.3 is 0 Å². The number of nitrogens with two attached hydrogens (primary N) is 1. The molecular formula is C17H23N3O. The van der Waals surface area contributed by atoms with E-state index in [0.29, 0.717) is 0 Å². The Balaban J connectivity index is 1.73. The van der Waals surface area contributed by atoms with Crippen molar-refractivity contribution in [2.45, 2.75) is 19.4 Å². The van der Waals surface area contributed by atoms with Gasteiger partial charge in [-0.2, -0.15) is 0 Å². The maximum atomic E-state index is 6.04. The third-order valence-electron chi connectivity index (χ3n) is 4.24. The van der Waals surface area contributed by atoms with Crippen LogP contribution in [0.15, 0.2) is 30.5 Å². The summed E-state index contributed by atoms with van der Waals surface area (Å²) in [6.45, 7) is 3.84. The number of rotatable bonds is 4. The monoisotopic (exact) mass is 285 g/mol. The molecule has 1 aromatic heterocycles. The molecule has 2 heterocycles. The second-order valence-corrected chi connectivity index (χ2v) is 5.97.